The summed E-state index contributed by atoms with van der Waals surface area (Å²) in [6, 6.07) is 5.32. The Bertz CT molecular complexity index is 376. The maximum Gasteiger partial charge on any atom is 0.341 e. The molecule has 0 aromatic heterocycles. The van der Waals surface area contributed by atoms with Crippen LogP contribution < -0.4 is 5.32 Å². The summed E-state index contributed by atoms with van der Waals surface area (Å²) in [5.74, 6) is -0.453. The van der Waals surface area contributed by atoms with Gasteiger partial charge in [-0.1, -0.05) is 12.1 Å². The van der Waals surface area contributed by atoms with Gasteiger partial charge in [-0.2, -0.15) is 0 Å². The van der Waals surface area contributed by atoms with Crippen molar-refractivity contribution >= 4 is 5.97 Å². The number of ether oxygens (including phenoxy) is 1. The second kappa shape index (κ2) is 3.40. The minimum atomic E-state index is -1.10. The van der Waals surface area contributed by atoms with Crippen LogP contribution >= 0.6 is 0 Å². The van der Waals surface area contributed by atoms with Gasteiger partial charge < -0.3 is 15.2 Å². The highest BCUT2D eigenvalue weighted by atomic mass is 16.6. The van der Waals surface area contributed by atoms with Gasteiger partial charge in [0.05, 0.1) is 5.56 Å². The number of nitrogens with one attached hydrogen (secondary N) is 1. The normalized spacial score (nSPS) is 19.3. The number of hydrogen-bond acceptors (Lipinski definition) is 4. The van der Waals surface area contributed by atoms with Gasteiger partial charge in [-0.15, -0.1) is 0 Å². The van der Waals surface area contributed by atoms with Gasteiger partial charge in [0.2, 0.25) is 6.29 Å². The molecule has 74 valence electrons. The summed E-state index contributed by atoms with van der Waals surface area (Å²) in [4.78, 5) is 11.2. The number of carbonyl (C=O) groups is 1. The van der Waals surface area contributed by atoms with Crippen molar-refractivity contribution in [2.45, 2.75) is 12.8 Å². The molecule has 4 heteroatoms. The van der Waals surface area contributed by atoms with Gasteiger partial charge in [-0.25, -0.2) is 4.79 Å². The molecule has 0 saturated carbocycles. The van der Waals surface area contributed by atoms with E-state index in [9.17, 15) is 9.90 Å². The van der Waals surface area contributed by atoms with E-state index in [4.69, 9.17) is 0 Å². The molecule has 1 aliphatic heterocycles. The van der Waals surface area contributed by atoms with Gasteiger partial charge in [0.25, 0.3) is 0 Å². The first-order valence-corrected chi connectivity index (χ1v) is 4.39. The van der Waals surface area contributed by atoms with Crippen molar-refractivity contribution in [3.05, 3.63) is 34.9 Å². The first-order valence-electron chi connectivity index (χ1n) is 4.39. The second-order valence-electron chi connectivity index (χ2n) is 3.21. The summed E-state index contributed by atoms with van der Waals surface area (Å²) < 4.78 is 4.66. The fraction of sp³-hybridized carbons (Fsp3) is 0.300. The highest BCUT2D eigenvalue weighted by molar-refractivity contribution is 5.94. The molecule has 0 spiro atoms. The second-order valence-corrected chi connectivity index (χ2v) is 3.21. The van der Waals surface area contributed by atoms with Crippen molar-refractivity contribution < 1.29 is 14.6 Å². The van der Waals surface area contributed by atoms with Crippen LogP contribution in [0.25, 0.3) is 0 Å². The number of hydrogen-bond donors (Lipinski definition) is 2. The first kappa shape index (κ1) is 9.18. The molecule has 1 atom stereocenters. The Balaban J connectivity index is 2.39. The average Bonchev–Trinajstić information content (AvgIpc) is 2.43. The summed E-state index contributed by atoms with van der Waals surface area (Å²) in [5.41, 5.74) is 2.01. The largest absolute Gasteiger partial charge is 0.428 e. The Morgan fingerprint density at radius 1 is 1.57 bits per heavy atom. The molecule has 0 fully saturated rings. The highest BCUT2D eigenvalue weighted by Gasteiger charge is 2.29. The molecule has 1 aromatic carbocycles. The average molecular weight is 193 g/mol. The molecule has 0 aliphatic carbocycles. The Labute approximate surface area is 81.5 Å². The maximum atomic E-state index is 11.2. The quantitative estimate of drug-likeness (QED) is 0.674. The lowest BCUT2D eigenvalue weighted by Gasteiger charge is -2.02. The molecule has 1 unspecified atom stereocenters. The molecular weight excluding hydrogens is 182 g/mol. The zero-order valence-corrected chi connectivity index (χ0v) is 7.78. The number of carbonyl (C=O) groups excluding carboxylic acids is 1. The lowest BCUT2D eigenvalue weighted by molar-refractivity contribution is -0.0547. The number of aliphatic hydroxyl groups excluding tert-OH is 1. The summed E-state index contributed by atoms with van der Waals surface area (Å²) in [6.45, 7) is 0.691. The molecule has 4 nitrogen and oxygen atoms in total. The van der Waals surface area contributed by atoms with Gasteiger partial charge in [-0.05, 0) is 18.7 Å². The Hall–Kier alpha value is -1.39. The standard InChI is InChI=1S/C10H11NO3/c1-11-5-6-2-3-7-8(4-6)10(13)14-9(7)12/h2-4,9,11-12H,5H2,1H3. The van der Waals surface area contributed by atoms with E-state index in [1.807, 2.05) is 13.1 Å². The van der Waals surface area contributed by atoms with Crippen LogP contribution in [0.3, 0.4) is 0 Å². The predicted molar refractivity (Wildman–Crippen MR) is 49.6 cm³/mol. The Kier molecular flexibility index (Phi) is 2.23. The van der Waals surface area contributed by atoms with Crippen molar-refractivity contribution in [1.29, 1.82) is 0 Å². The lowest BCUT2D eigenvalue weighted by Crippen LogP contribution is -2.06. The third kappa shape index (κ3) is 1.38. The molecule has 1 aromatic rings. The van der Waals surface area contributed by atoms with Crippen LogP contribution in [0.1, 0.15) is 27.8 Å². The molecule has 1 aliphatic rings. The van der Waals surface area contributed by atoms with E-state index in [0.29, 0.717) is 17.7 Å². The molecule has 2 rings (SSSR count). The Morgan fingerprint density at radius 2 is 2.36 bits per heavy atom. The minimum absolute atomic E-state index is 0.453. The van der Waals surface area contributed by atoms with Gasteiger partial charge in [0.1, 0.15) is 0 Å². The lowest BCUT2D eigenvalue weighted by atomic mass is 10.1. The topological polar surface area (TPSA) is 58.6 Å². The van der Waals surface area contributed by atoms with Crippen molar-refractivity contribution in [3.8, 4) is 0 Å². The molecule has 14 heavy (non-hydrogen) atoms. The molecule has 0 amide bonds. The van der Waals surface area contributed by atoms with Crippen molar-refractivity contribution in [2.24, 2.45) is 0 Å². The molecule has 1 heterocycles. The maximum absolute atomic E-state index is 11.2. The zero-order valence-electron chi connectivity index (χ0n) is 7.78. The van der Waals surface area contributed by atoms with Crippen LogP contribution in [-0.4, -0.2) is 18.1 Å². The van der Waals surface area contributed by atoms with E-state index in [1.165, 1.54) is 0 Å². The summed E-state index contributed by atoms with van der Waals surface area (Å²) >= 11 is 0. The van der Waals surface area contributed by atoms with Gasteiger partial charge >= 0.3 is 5.97 Å². The predicted octanol–water partition coefficient (Wildman–Crippen LogP) is 0.567. The molecular formula is C10H11NO3. The van der Waals surface area contributed by atoms with Gasteiger partial charge in [-0.3, -0.25) is 0 Å². The van der Waals surface area contributed by atoms with Crippen LogP contribution in [0.5, 0.6) is 0 Å². The monoisotopic (exact) mass is 193 g/mol. The third-order valence-electron chi connectivity index (χ3n) is 2.20. The first-order chi connectivity index (χ1) is 6.72. The smallest absolute Gasteiger partial charge is 0.341 e. The number of cyclic esters (lactones) is 1. The van der Waals surface area contributed by atoms with Crippen molar-refractivity contribution in [1.82, 2.24) is 5.32 Å². The summed E-state index contributed by atoms with van der Waals surface area (Å²) in [5, 5.41) is 12.3. The van der Waals surface area contributed by atoms with Crippen LogP contribution in [0.2, 0.25) is 0 Å². The van der Waals surface area contributed by atoms with Crippen molar-refractivity contribution in [2.75, 3.05) is 7.05 Å². The molecule has 0 bridgehead atoms. The number of fused-ring (bicyclic) bond motifs is 1. The van der Waals surface area contributed by atoms with E-state index in [2.05, 4.69) is 10.1 Å². The SMILES string of the molecule is CNCc1ccc2c(c1)C(=O)OC2O. The Morgan fingerprint density at radius 3 is 3.07 bits per heavy atom. The van der Waals surface area contributed by atoms with Crippen LogP contribution in [0.4, 0.5) is 0 Å². The van der Waals surface area contributed by atoms with Crippen LogP contribution in [0.15, 0.2) is 18.2 Å². The van der Waals surface area contributed by atoms with Crippen LogP contribution in [0, 0.1) is 0 Å². The highest BCUT2D eigenvalue weighted by Crippen LogP contribution is 2.28. The number of aliphatic hydroxyl groups is 1. The van der Waals surface area contributed by atoms with E-state index >= 15 is 0 Å². The third-order valence-corrected chi connectivity index (χ3v) is 2.20. The molecule has 0 saturated heterocycles. The van der Waals surface area contributed by atoms with E-state index in [-0.39, 0.29) is 0 Å². The number of esters is 1. The summed E-state index contributed by atoms with van der Waals surface area (Å²) in [6.07, 6.45) is -1.10. The van der Waals surface area contributed by atoms with E-state index < -0.39 is 12.3 Å². The minimum Gasteiger partial charge on any atom is -0.428 e. The molecule has 2 N–H and O–H groups in total. The van der Waals surface area contributed by atoms with Gasteiger partial charge in [0, 0.05) is 12.1 Å². The summed E-state index contributed by atoms with van der Waals surface area (Å²) in [7, 11) is 1.83. The number of rotatable bonds is 2. The number of benzene rings is 1. The van der Waals surface area contributed by atoms with E-state index in [1.54, 1.807) is 12.1 Å². The zero-order chi connectivity index (χ0) is 10.1. The fourth-order valence-corrected chi connectivity index (χ4v) is 1.54. The van der Waals surface area contributed by atoms with Crippen molar-refractivity contribution in [3.63, 3.8) is 0 Å². The fourth-order valence-electron chi connectivity index (χ4n) is 1.54. The van der Waals surface area contributed by atoms with E-state index in [0.717, 1.165) is 5.56 Å². The van der Waals surface area contributed by atoms with Crippen LogP contribution in [-0.2, 0) is 11.3 Å². The molecule has 0 radical (unpaired) electrons. The van der Waals surface area contributed by atoms with Gasteiger partial charge in [0.15, 0.2) is 0 Å².